The van der Waals surface area contributed by atoms with Gasteiger partial charge in [0.1, 0.15) is 0 Å². The molecule has 10 N–H and O–H groups in total. The summed E-state index contributed by atoms with van der Waals surface area (Å²) in [4.78, 5) is 61.0. The van der Waals surface area contributed by atoms with Crippen LogP contribution in [0.15, 0.2) is 0 Å². The maximum atomic E-state index is 10.3. The number of aliphatic hydroxyl groups excluding tert-OH is 2. The lowest BCUT2D eigenvalue weighted by atomic mass is 9.96. The first-order valence-electron chi connectivity index (χ1n) is 8.37. The number of aliphatic hydroxyl groups is 4. The average molecular weight is 474 g/mol. The van der Waals surface area contributed by atoms with Crippen molar-refractivity contribution in [3.8, 4) is 0 Å². The van der Waals surface area contributed by atoms with Gasteiger partial charge in [0.2, 0.25) is 0 Å². The van der Waals surface area contributed by atoms with Crippen LogP contribution in [-0.2, 0) is 28.8 Å². The van der Waals surface area contributed by atoms with E-state index in [1.54, 1.807) is 6.92 Å². The van der Waals surface area contributed by atoms with Gasteiger partial charge in [-0.25, -0.2) is 9.59 Å². The summed E-state index contributed by atoms with van der Waals surface area (Å²) in [6.07, 6.45) is -4.58. The number of carboxylic acid groups (broad SMARTS) is 6. The molecule has 0 saturated carbocycles. The molecule has 0 unspecified atom stereocenters. The zero-order valence-corrected chi connectivity index (χ0v) is 16.7. The molecular formula is C16H26O16. The number of rotatable bonds is 12. The summed E-state index contributed by atoms with van der Waals surface area (Å²) >= 11 is 0. The number of carbonyl (C=O) groups is 6. The molecule has 0 aliphatic rings. The fourth-order valence-electron chi connectivity index (χ4n) is 1.49. The van der Waals surface area contributed by atoms with Crippen LogP contribution in [0.3, 0.4) is 0 Å². The van der Waals surface area contributed by atoms with Gasteiger partial charge >= 0.3 is 35.8 Å². The second-order valence-corrected chi connectivity index (χ2v) is 6.43. The van der Waals surface area contributed by atoms with E-state index in [4.69, 9.17) is 51.1 Å². The van der Waals surface area contributed by atoms with Crippen molar-refractivity contribution in [3.63, 3.8) is 0 Å². The molecule has 0 aliphatic carbocycles. The predicted molar refractivity (Wildman–Crippen MR) is 97.5 cm³/mol. The molecule has 0 saturated heterocycles. The first-order chi connectivity index (χ1) is 14.4. The molecule has 0 heterocycles. The van der Waals surface area contributed by atoms with E-state index in [1.165, 1.54) is 0 Å². The lowest BCUT2D eigenvalue weighted by molar-refractivity contribution is -0.170. The molecule has 32 heavy (non-hydrogen) atoms. The molecule has 0 fully saturated rings. The van der Waals surface area contributed by atoms with Crippen molar-refractivity contribution in [1.82, 2.24) is 0 Å². The van der Waals surface area contributed by atoms with Gasteiger partial charge in [-0.05, 0) is 0 Å². The number of aliphatic carboxylic acids is 6. The van der Waals surface area contributed by atoms with E-state index < -0.39 is 72.7 Å². The molecule has 0 radical (unpaired) electrons. The van der Waals surface area contributed by atoms with Gasteiger partial charge in [0.15, 0.2) is 11.2 Å². The normalized spacial score (nSPS) is 10.7. The summed E-state index contributed by atoms with van der Waals surface area (Å²) in [6.45, 7) is 1.94. The molecule has 0 spiro atoms. The van der Waals surface area contributed by atoms with Crippen LogP contribution in [0.5, 0.6) is 0 Å². The summed E-state index contributed by atoms with van der Waals surface area (Å²) in [5, 5.41) is 84.0. The van der Waals surface area contributed by atoms with Crippen LogP contribution < -0.4 is 0 Å². The topological polar surface area (TPSA) is 305 Å². The monoisotopic (exact) mass is 474 g/mol. The Balaban J connectivity index is -0.000000422. The third-order valence-electron chi connectivity index (χ3n) is 3.19. The van der Waals surface area contributed by atoms with Crippen LogP contribution in [0.4, 0.5) is 0 Å². The first-order valence-corrected chi connectivity index (χ1v) is 8.37. The third-order valence-corrected chi connectivity index (χ3v) is 3.19. The maximum absolute atomic E-state index is 10.3. The molecule has 0 atom stereocenters. The highest BCUT2D eigenvalue weighted by Gasteiger charge is 2.41. The minimum Gasteiger partial charge on any atom is -0.481 e. The maximum Gasteiger partial charge on any atom is 0.336 e. The smallest absolute Gasteiger partial charge is 0.336 e. The van der Waals surface area contributed by atoms with E-state index in [2.05, 4.69) is 0 Å². The van der Waals surface area contributed by atoms with Gasteiger partial charge < -0.3 is 51.1 Å². The van der Waals surface area contributed by atoms with E-state index >= 15 is 0 Å². The van der Waals surface area contributed by atoms with E-state index in [0.29, 0.717) is 0 Å². The Morgan fingerprint density at radius 2 is 0.750 bits per heavy atom. The number of carboxylic acids is 6. The number of hydrogen-bond donors (Lipinski definition) is 10. The summed E-state index contributed by atoms with van der Waals surface area (Å²) in [7, 11) is 0. The molecule has 0 bridgehead atoms. The Morgan fingerprint density at radius 3 is 0.812 bits per heavy atom. The fraction of sp³-hybridized carbons (Fsp3) is 0.625. The van der Waals surface area contributed by atoms with Gasteiger partial charge in [-0.2, -0.15) is 0 Å². The second kappa shape index (κ2) is 15.5. The van der Waals surface area contributed by atoms with E-state index in [1.807, 2.05) is 0 Å². The van der Waals surface area contributed by atoms with Crippen molar-refractivity contribution in [3.05, 3.63) is 0 Å². The average Bonchev–Trinajstić information content (AvgIpc) is 2.59. The van der Waals surface area contributed by atoms with E-state index in [9.17, 15) is 28.8 Å². The predicted octanol–water partition coefficient (Wildman–Crippen LogP) is -2.89. The van der Waals surface area contributed by atoms with Gasteiger partial charge in [0.25, 0.3) is 0 Å². The first kappa shape index (κ1) is 33.3. The second-order valence-electron chi connectivity index (χ2n) is 6.43. The molecular weight excluding hydrogens is 448 g/mol. The minimum atomic E-state index is -2.74. The van der Waals surface area contributed by atoms with Crippen LogP contribution in [0.2, 0.25) is 0 Å². The highest BCUT2D eigenvalue weighted by molar-refractivity contribution is 5.88. The summed E-state index contributed by atoms with van der Waals surface area (Å²) in [5.74, 6) is -9.99. The van der Waals surface area contributed by atoms with Crippen molar-refractivity contribution in [2.45, 2.75) is 43.8 Å². The number of hydrogen-bond acceptors (Lipinski definition) is 10. The molecule has 0 aromatic rings. The highest BCUT2D eigenvalue weighted by atomic mass is 16.4. The molecule has 186 valence electrons. The Hall–Kier alpha value is -3.34. The van der Waals surface area contributed by atoms with Crippen molar-refractivity contribution >= 4 is 35.8 Å². The van der Waals surface area contributed by atoms with Gasteiger partial charge in [0, 0.05) is 19.1 Å². The Morgan fingerprint density at radius 1 is 0.562 bits per heavy atom. The molecule has 0 rings (SSSR count). The van der Waals surface area contributed by atoms with Crippen molar-refractivity contribution in [1.29, 1.82) is 0 Å². The summed E-state index contributed by atoms with van der Waals surface area (Å²) in [6, 6.07) is 0. The molecule has 0 aromatic carbocycles. The van der Waals surface area contributed by atoms with Gasteiger partial charge in [-0.1, -0.05) is 6.92 Å². The molecule has 16 nitrogen and oxygen atoms in total. The third kappa shape index (κ3) is 16.5. The van der Waals surface area contributed by atoms with Crippen molar-refractivity contribution in [2.75, 3.05) is 13.2 Å². The van der Waals surface area contributed by atoms with Gasteiger partial charge in [0.05, 0.1) is 25.7 Å². The van der Waals surface area contributed by atoms with Crippen LogP contribution in [0, 0.1) is 5.92 Å². The quantitative estimate of drug-likeness (QED) is 0.136. The molecule has 16 heteroatoms. The van der Waals surface area contributed by atoms with Gasteiger partial charge in [-0.15, -0.1) is 0 Å². The molecule has 0 aromatic heterocycles. The largest absolute Gasteiger partial charge is 0.481 e. The van der Waals surface area contributed by atoms with Crippen LogP contribution in [0.25, 0.3) is 0 Å². The van der Waals surface area contributed by atoms with Crippen LogP contribution >= 0.6 is 0 Å². The van der Waals surface area contributed by atoms with Crippen molar-refractivity contribution < 1.29 is 79.8 Å². The fourth-order valence-corrected chi connectivity index (χ4v) is 1.49. The molecule has 0 amide bonds. The SMILES string of the molecule is CC(CO)CO.O=C(O)CC(O)(CC(=O)O)C(=O)O.O=C(O)CC(O)(CC(=O)O)C(=O)O. The highest BCUT2D eigenvalue weighted by Crippen LogP contribution is 2.16. The van der Waals surface area contributed by atoms with E-state index in [-0.39, 0.29) is 19.1 Å². The Kier molecular flexibility index (Phi) is 16.1. The van der Waals surface area contributed by atoms with Crippen LogP contribution in [-0.4, -0.2) is 111 Å². The van der Waals surface area contributed by atoms with Crippen LogP contribution in [0.1, 0.15) is 32.6 Å². The standard InChI is InChI=1S/2C6H8O7.C4H10O2/c2*7-3(8)1-6(13,5(11)12)2-4(9)10;1-4(2-5)3-6/h2*13H,1-2H2,(H,7,8)(H,9,10)(H,11,12);4-6H,2-3H2,1H3. The molecule has 0 aliphatic heterocycles. The van der Waals surface area contributed by atoms with E-state index in [0.717, 1.165) is 0 Å². The Labute approximate surface area is 179 Å². The Bertz CT molecular complexity index is 581. The lowest BCUT2D eigenvalue weighted by Crippen LogP contribution is -2.42. The summed E-state index contributed by atoms with van der Waals surface area (Å²) in [5.41, 5.74) is -5.48. The minimum absolute atomic E-state index is 0.0463. The van der Waals surface area contributed by atoms with Gasteiger partial charge in [-0.3, -0.25) is 19.2 Å². The summed E-state index contributed by atoms with van der Waals surface area (Å²) < 4.78 is 0. The zero-order valence-electron chi connectivity index (χ0n) is 16.7. The zero-order chi connectivity index (χ0) is 26.3. The lowest BCUT2D eigenvalue weighted by Gasteiger charge is -2.18. The van der Waals surface area contributed by atoms with Crippen molar-refractivity contribution in [2.24, 2.45) is 5.92 Å².